The number of aryl methyl sites for hydroxylation is 3. The average molecular weight is 395 g/mol. The molecule has 3 rings (SSSR count). The van der Waals surface area contributed by atoms with Gasteiger partial charge in [0, 0.05) is 26.4 Å². The molecular formula is C15H17N5O4S2. The Bertz CT molecular complexity index is 933. The molecule has 3 aromatic heterocycles. The summed E-state index contributed by atoms with van der Waals surface area (Å²) in [6.07, 6.45) is 1.91. The maximum absolute atomic E-state index is 11.2. The van der Waals surface area contributed by atoms with E-state index >= 15 is 0 Å². The molecule has 11 heteroatoms. The van der Waals surface area contributed by atoms with Crippen molar-refractivity contribution in [1.82, 2.24) is 14.7 Å². The maximum Gasteiger partial charge on any atom is 0.347 e. The highest BCUT2D eigenvalue weighted by Crippen LogP contribution is 2.33. The van der Waals surface area contributed by atoms with Crippen LogP contribution in [-0.4, -0.2) is 32.8 Å². The second kappa shape index (κ2) is 7.40. The molecular weight excluding hydrogens is 378 g/mol. The minimum Gasteiger partial charge on any atom is -0.477 e. The van der Waals surface area contributed by atoms with Crippen LogP contribution in [0.1, 0.15) is 21.1 Å². The second-order valence-electron chi connectivity index (χ2n) is 5.51. The molecule has 138 valence electrons. The van der Waals surface area contributed by atoms with E-state index in [4.69, 9.17) is 8.81 Å². The Labute approximate surface area is 157 Å². The first-order valence-corrected chi connectivity index (χ1v) is 9.01. The number of thiazole rings is 1. The average Bonchev–Trinajstić information content (AvgIpc) is 3.26. The van der Waals surface area contributed by atoms with Gasteiger partial charge in [-0.05, 0) is 19.9 Å². The first kappa shape index (κ1) is 18.3. The van der Waals surface area contributed by atoms with Crippen LogP contribution < -0.4 is 9.79 Å². The van der Waals surface area contributed by atoms with Gasteiger partial charge >= 0.3 is 5.97 Å². The second-order valence-corrected chi connectivity index (χ2v) is 7.38. The lowest BCUT2D eigenvalue weighted by Gasteiger charge is -2.13. The summed E-state index contributed by atoms with van der Waals surface area (Å²) >= 11 is 2.24. The molecule has 0 spiro atoms. The van der Waals surface area contributed by atoms with Gasteiger partial charge in [-0.1, -0.05) is 5.16 Å². The number of nitrogens with zero attached hydrogens (tertiary/aromatic N) is 4. The number of carboxylic acids is 1. The summed E-state index contributed by atoms with van der Waals surface area (Å²) in [6, 6.07) is 3.63. The number of hydrogen-bond acceptors (Lipinski definition) is 9. The zero-order valence-electron chi connectivity index (χ0n) is 14.5. The molecule has 0 aliphatic heterocycles. The summed E-state index contributed by atoms with van der Waals surface area (Å²) in [5, 5.41) is 13.6. The minimum absolute atomic E-state index is 0.251. The van der Waals surface area contributed by atoms with Gasteiger partial charge in [-0.25, -0.2) is 15.3 Å². The number of nitrogens with one attached hydrogen (secondary N) is 1. The molecule has 0 atom stereocenters. The number of aromatic nitrogens is 3. The summed E-state index contributed by atoms with van der Waals surface area (Å²) in [5.41, 5.74) is 4.89. The molecule has 0 unspecified atom stereocenters. The van der Waals surface area contributed by atoms with E-state index in [0.29, 0.717) is 22.3 Å². The van der Waals surface area contributed by atoms with Gasteiger partial charge in [0.15, 0.2) is 5.82 Å². The Morgan fingerprint density at radius 1 is 1.46 bits per heavy atom. The van der Waals surface area contributed by atoms with Gasteiger partial charge in [0.25, 0.3) is 0 Å². The van der Waals surface area contributed by atoms with Crippen molar-refractivity contribution < 1.29 is 18.7 Å². The van der Waals surface area contributed by atoms with Crippen LogP contribution in [0.4, 0.5) is 11.5 Å². The highest BCUT2D eigenvalue weighted by atomic mass is 32.2. The molecule has 0 saturated carbocycles. The summed E-state index contributed by atoms with van der Waals surface area (Å²) in [4.78, 5) is 15.8. The van der Waals surface area contributed by atoms with E-state index in [0.717, 1.165) is 34.9 Å². The quantitative estimate of drug-likeness (QED) is 0.353. The number of anilines is 2. The predicted octanol–water partition coefficient (Wildman–Crippen LogP) is 3.49. The van der Waals surface area contributed by atoms with E-state index in [1.807, 2.05) is 35.2 Å². The summed E-state index contributed by atoms with van der Waals surface area (Å²) in [5.74, 6) is 0.203. The Morgan fingerprint density at radius 3 is 2.85 bits per heavy atom. The van der Waals surface area contributed by atoms with E-state index in [2.05, 4.69) is 15.6 Å². The zero-order chi connectivity index (χ0) is 18.8. The van der Waals surface area contributed by atoms with E-state index < -0.39 is 5.97 Å². The molecule has 26 heavy (non-hydrogen) atoms. The molecule has 0 amide bonds. The summed E-state index contributed by atoms with van der Waals surface area (Å²) in [7, 11) is 3.72. The van der Waals surface area contributed by atoms with Crippen LogP contribution in [0.15, 0.2) is 22.9 Å². The largest absolute Gasteiger partial charge is 0.477 e. The van der Waals surface area contributed by atoms with Crippen molar-refractivity contribution >= 4 is 41.0 Å². The molecule has 9 nitrogen and oxygen atoms in total. The molecule has 0 fully saturated rings. The number of aromatic carboxylic acids is 1. The standard InChI is InChI=1S/C15H17N5O4S2/c1-8-5-12(17-23-8)18-24-26-20(4)10-6-11(19(3)7-10)14-16-9(2)13(25-14)15(21)22/h5-7H,1-4H3,(H,17,18)(H,21,22). The lowest BCUT2D eigenvalue weighted by molar-refractivity contribution is 0.0701. The smallest absolute Gasteiger partial charge is 0.347 e. The number of hydrogen-bond donors (Lipinski definition) is 2. The SMILES string of the molecule is Cc1cc(NOSN(C)c2cc(-c3nc(C)c(C(=O)O)s3)n(C)c2)no1. The molecule has 0 saturated heterocycles. The normalized spacial score (nSPS) is 10.9. The van der Waals surface area contributed by atoms with Gasteiger partial charge in [-0.2, -0.15) is 4.28 Å². The van der Waals surface area contributed by atoms with Crippen LogP contribution >= 0.6 is 23.6 Å². The van der Waals surface area contributed by atoms with E-state index in [1.165, 1.54) is 0 Å². The van der Waals surface area contributed by atoms with Gasteiger partial charge in [-0.3, -0.25) is 4.31 Å². The molecule has 0 aliphatic rings. The molecule has 2 N–H and O–H groups in total. The fourth-order valence-electron chi connectivity index (χ4n) is 2.21. The van der Waals surface area contributed by atoms with Crippen molar-refractivity contribution in [2.45, 2.75) is 13.8 Å². The predicted molar refractivity (Wildman–Crippen MR) is 100 cm³/mol. The Kier molecular flexibility index (Phi) is 5.20. The first-order chi connectivity index (χ1) is 12.3. The maximum atomic E-state index is 11.2. The third kappa shape index (κ3) is 3.84. The van der Waals surface area contributed by atoms with Crippen molar-refractivity contribution in [2.75, 3.05) is 16.8 Å². The van der Waals surface area contributed by atoms with Crippen molar-refractivity contribution in [3.05, 3.63) is 34.7 Å². The van der Waals surface area contributed by atoms with Crippen LogP contribution in [0.3, 0.4) is 0 Å². The topological polar surface area (TPSA) is 106 Å². The van der Waals surface area contributed by atoms with Gasteiger partial charge in [0.1, 0.15) is 27.9 Å². The van der Waals surface area contributed by atoms with E-state index in [-0.39, 0.29) is 4.88 Å². The number of carboxylic acid groups (broad SMARTS) is 1. The lowest BCUT2D eigenvalue weighted by atomic mass is 10.4. The van der Waals surface area contributed by atoms with Crippen LogP contribution in [0, 0.1) is 13.8 Å². The molecule has 0 aromatic carbocycles. The Balaban J connectivity index is 1.68. The molecule has 3 heterocycles. The molecule has 0 bridgehead atoms. The highest BCUT2D eigenvalue weighted by Gasteiger charge is 2.18. The third-order valence-corrected chi connectivity index (χ3v) is 5.25. The number of carbonyl (C=O) groups is 1. The summed E-state index contributed by atoms with van der Waals surface area (Å²) < 4.78 is 14.0. The Hall–Kier alpha value is -2.50. The van der Waals surface area contributed by atoms with Gasteiger partial charge in [-0.15, -0.1) is 11.3 Å². The fourth-order valence-corrected chi connectivity index (χ4v) is 3.60. The highest BCUT2D eigenvalue weighted by molar-refractivity contribution is 7.96. The van der Waals surface area contributed by atoms with Crippen LogP contribution in [-0.2, 0) is 11.3 Å². The van der Waals surface area contributed by atoms with Crippen LogP contribution in [0.25, 0.3) is 10.7 Å². The van der Waals surface area contributed by atoms with E-state index in [1.54, 1.807) is 19.9 Å². The fraction of sp³-hybridized carbons (Fsp3) is 0.267. The van der Waals surface area contributed by atoms with Gasteiger partial charge in [0.05, 0.1) is 17.1 Å². The number of rotatable bonds is 7. The van der Waals surface area contributed by atoms with Gasteiger partial charge < -0.3 is 14.2 Å². The summed E-state index contributed by atoms with van der Waals surface area (Å²) in [6.45, 7) is 3.49. The minimum atomic E-state index is -0.962. The van der Waals surface area contributed by atoms with Crippen molar-refractivity contribution in [3.63, 3.8) is 0 Å². The molecule has 0 radical (unpaired) electrons. The molecule has 3 aromatic rings. The van der Waals surface area contributed by atoms with Crippen LogP contribution in [0.2, 0.25) is 0 Å². The Morgan fingerprint density at radius 2 is 2.23 bits per heavy atom. The van der Waals surface area contributed by atoms with E-state index in [9.17, 15) is 9.90 Å². The van der Waals surface area contributed by atoms with Crippen molar-refractivity contribution in [1.29, 1.82) is 0 Å². The van der Waals surface area contributed by atoms with Crippen molar-refractivity contribution in [2.24, 2.45) is 7.05 Å². The molecule has 0 aliphatic carbocycles. The van der Waals surface area contributed by atoms with Crippen molar-refractivity contribution in [3.8, 4) is 10.7 Å². The van der Waals surface area contributed by atoms with Gasteiger partial charge in [0.2, 0.25) is 0 Å². The monoisotopic (exact) mass is 395 g/mol. The first-order valence-electron chi connectivity index (χ1n) is 7.49. The zero-order valence-corrected chi connectivity index (χ0v) is 16.1. The third-order valence-electron chi connectivity index (χ3n) is 3.49. The van der Waals surface area contributed by atoms with Crippen LogP contribution in [0.5, 0.6) is 0 Å². The lowest BCUT2D eigenvalue weighted by Crippen LogP contribution is -2.08.